The predicted molar refractivity (Wildman–Crippen MR) is 282 cm³/mol. The van der Waals surface area contributed by atoms with Crippen molar-refractivity contribution < 1.29 is 23.1 Å². The second-order valence-corrected chi connectivity index (χ2v) is 37.8. The number of ether oxygens (including phenoxy) is 1. The maximum atomic E-state index is 12.3. The fourth-order valence-corrected chi connectivity index (χ4v) is 12.0. The van der Waals surface area contributed by atoms with E-state index in [4.69, 9.17) is 18.0 Å². The Hall–Kier alpha value is -2.41. The van der Waals surface area contributed by atoms with E-state index < -0.39 is 36.8 Å². The molecule has 0 fully saturated rings. The molecule has 0 aliphatic rings. The maximum absolute atomic E-state index is 12.3. The molecule has 3 aromatic rings. The largest absolute Gasteiger partial charge is 0.413 e. The van der Waals surface area contributed by atoms with Crippen LogP contribution in [0.4, 0.5) is 0 Å². The molecule has 1 N–H and O–H groups in total. The lowest BCUT2D eigenvalue weighted by Gasteiger charge is -2.44. The van der Waals surface area contributed by atoms with Crippen LogP contribution in [0.15, 0.2) is 115 Å². The van der Waals surface area contributed by atoms with Gasteiger partial charge >= 0.3 is 0 Å². The molecular weight excluding hydrogens is 837 g/mol. The normalized spacial score (nSPS) is 17.8. The zero-order valence-electron chi connectivity index (χ0n) is 44.1. The van der Waals surface area contributed by atoms with Gasteiger partial charge in [0, 0.05) is 12.3 Å². The molecule has 8 atom stereocenters. The van der Waals surface area contributed by atoms with Crippen molar-refractivity contribution in [2.75, 3.05) is 0 Å². The molecule has 0 saturated heterocycles. The molecular formula is C56H92O5Si3. The highest BCUT2D eigenvalue weighted by Gasteiger charge is 2.45. The van der Waals surface area contributed by atoms with Gasteiger partial charge in [-0.05, 0) is 102 Å². The van der Waals surface area contributed by atoms with Crippen LogP contribution in [0.3, 0.4) is 0 Å². The van der Waals surface area contributed by atoms with Gasteiger partial charge in [-0.25, -0.2) is 0 Å². The molecule has 0 aliphatic heterocycles. The topological polar surface area (TPSA) is 57.2 Å². The molecule has 0 saturated carbocycles. The standard InChI is InChI=1S/C56H92O5Si3/c1-21-31-42(2)50(60-63(17,18)54(9,10)11)41-49(59-62(15,16)53(6,7)8)39-38-43(3)51(61-64(19,20)55(12,13)14)44(4)40-45(5)52(57)58-56(46-32-25-22-26-33-46,47-34-27-23-28-35-47)48-36-29-24-30-37-48/h21-39,42-45,49-52,57H,40-41H2,1-20H3/t42-,43-,44+,45+,49+,50-,51-,52?/m0/s1. The van der Waals surface area contributed by atoms with Gasteiger partial charge in [-0.3, -0.25) is 0 Å². The highest BCUT2D eigenvalue weighted by atomic mass is 28.4. The van der Waals surface area contributed by atoms with E-state index in [1.807, 2.05) is 54.6 Å². The Kier molecular flexibility index (Phi) is 19.7. The van der Waals surface area contributed by atoms with Crippen molar-refractivity contribution in [1.82, 2.24) is 0 Å². The molecule has 64 heavy (non-hydrogen) atoms. The number of aliphatic hydroxyl groups is 1. The zero-order chi connectivity index (χ0) is 48.5. The van der Waals surface area contributed by atoms with Gasteiger partial charge in [0.25, 0.3) is 0 Å². The molecule has 0 aliphatic carbocycles. The average molecular weight is 930 g/mol. The predicted octanol–water partition coefficient (Wildman–Crippen LogP) is 15.9. The molecule has 1 unspecified atom stereocenters. The number of aliphatic hydroxyl groups excluding tert-OH is 1. The maximum Gasteiger partial charge on any atom is 0.192 e. The van der Waals surface area contributed by atoms with Crippen molar-refractivity contribution in [3.05, 3.63) is 132 Å². The third kappa shape index (κ3) is 14.5. The Morgan fingerprint density at radius 1 is 0.500 bits per heavy atom. The Bertz CT molecular complexity index is 1780. The van der Waals surface area contributed by atoms with Crippen LogP contribution in [-0.2, 0) is 23.6 Å². The summed E-state index contributed by atoms with van der Waals surface area (Å²) in [7, 11) is -6.50. The highest BCUT2D eigenvalue weighted by molar-refractivity contribution is 6.75. The van der Waals surface area contributed by atoms with Crippen molar-refractivity contribution in [2.45, 2.75) is 194 Å². The molecule has 0 bridgehead atoms. The molecule has 3 aromatic carbocycles. The first-order chi connectivity index (χ1) is 29.4. The summed E-state index contributed by atoms with van der Waals surface area (Å²) in [4.78, 5) is 0. The third-order valence-electron chi connectivity index (χ3n) is 15.1. The molecule has 5 nitrogen and oxygen atoms in total. The van der Waals surface area contributed by atoms with E-state index in [2.05, 4.69) is 197 Å². The minimum absolute atomic E-state index is 0.0159. The van der Waals surface area contributed by atoms with Crippen molar-refractivity contribution in [1.29, 1.82) is 0 Å². The van der Waals surface area contributed by atoms with Crippen LogP contribution in [0.2, 0.25) is 54.4 Å². The number of rotatable bonds is 22. The van der Waals surface area contributed by atoms with Gasteiger partial charge in [0.15, 0.2) is 31.2 Å². The summed E-state index contributed by atoms with van der Waals surface area (Å²) in [6.07, 6.45) is 9.40. The lowest BCUT2D eigenvalue weighted by molar-refractivity contribution is -0.187. The third-order valence-corrected chi connectivity index (χ3v) is 28.5. The first kappa shape index (κ1) is 55.9. The summed E-state index contributed by atoms with van der Waals surface area (Å²) in [5.41, 5.74) is 1.88. The number of hydrogen-bond donors (Lipinski definition) is 1. The van der Waals surface area contributed by atoms with Crippen molar-refractivity contribution in [3.8, 4) is 0 Å². The molecule has 0 radical (unpaired) electrons. The molecule has 0 aromatic heterocycles. The lowest BCUT2D eigenvalue weighted by Crippen LogP contribution is -2.48. The van der Waals surface area contributed by atoms with Crippen LogP contribution >= 0.6 is 0 Å². The molecule has 8 heteroatoms. The first-order valence-electron chi connectivity index (χ1n) is 24.3. The molecule has 0 heterocycles. The monoisotopic (exact) mass is 929 g/mol. The van der Waals surface area contributed by atoms with Crippen LogP contribution in [0, 0.1) is 23.7 Å². The quantitative estimate of drug-likeness (QED) is 0.0471. The number of benzene rings is 3. The molecule has 0 amide bonds. The van der Waals surface area contributed by atoms with E-state index in [1.54, 1.807) is 0 Å². The second-order valence-electron chi connectivity index (χ2n) is 23.5. The van der Waals surface area contributed by atoms with E-state index in [0.29, 0.717) is 6.42 Å². The summed E-state index contributed by atoms with van der Waals surface area (Å²) in [6.45, 7) is 46.2. The van der Waals surface area contributed by atoms with Gasteiger partial charge in [-0.15, -0.1) is 0 Å². The van der Waals surface area contributed by atoms with Crippen molar-refractivity contribution in [3.63, 3.8) is 0 Å². The van der Waals surface area contributed by atoms with Crippen LogP contribution in [0.1, 0.15) is 126 Å². The van der Waals surface area contributed by atoms with Crippen LogP contribution < -0.4 is 0 Å². The Morgan fingerprint density at radius 2 is 0.891 bits per heavy atom. The summed E-state index contributed by atoms with van der Waals surface area (Å²) >= 11 is 0. The van der Waals surface area contributed by atoms with Gasteiger partial charge in [-0.1, -0.05) is 205 Å². The molecule has 3 rings (SSSR count). The molecule has 0 spiro atoms. The summed E-state index contributed by atoms with van der Waals surface area (Å²) in [6, 6.07) is 30.9. The van der Waals surface area contributed by atoms with E-state index in [9.17, 15) is 5.11 Å². The Morgan fingerprint density at radius 3 is 1.28 bits per heavy atom. The van der Waals surface area contributed by atoms with Crippen LogP contribution in [0.5, 0.6) is 0 Å². The SMILES string of the molecule is CC=C[C@H](C)[C@H](C[C@@H](C=C[C@H](C)[C@H](O[Si](C)(C)C(C)(C)C)[C@H](C)C[C@@H](C)C(O)OC(c1ccccc1)(c1ccccc1)c1ccccc1)O[Si](C)(C)C(C)(C)C)O[Si](C)(C)C(C)(C)C. The summed E-state index contributed by atoms with van der Waals surface area (Å²) in [5, 5.41) is 12.5. The second kappa shape index (κ2) is 22.6. The van der Waals surface area contributed by atoms with E-state index in [-0.39, 0.29) is 57.1 Å². The van der Waals surface area contributed by atoms with E-state index in [0.717, 1.165) is 23.1 Å². The van der Waals surface area contributed by atoms with Crippen LogP contribution in [-0.4, -0.2) is 54.7 Å². The average Bonchev–Trinajstić information content (AvgIpc) is 3.20. The molecule has 358 valence electrons. The fourth-order valence-electron chi connectivity index (χ4n) is 7.83. The first-order valence-corrected chi connectivity index (χ1v) is 33.0. The highest BCUT2D eigenvalue weighted by Crippen LogP contribution is 2.45. The van der Waals surface area contributed by atoms with Gasteiger partial charge in [-0.2, -0.15) is 0 Å². The van der Waals surface area contributed by atoms with E-state index in [1.165, 1.54) is 0 Å². The Balaban J connectivity index is 2.08. The van der Waals surface area contributed by atoms with Crippen molar-refractivity contribution >= 4 is 25.0 Å². The van der Waals surface area contributed by atoms with Gasteiger partial charge in [0.05, 0.1) is 18.3 Å². The van der Waals surface area contributed by atoms with Gasteiger partial charge < -0.3 is 23.1 Å². The summed E-state index contributed by atoms with van der Waals surface area (Å²) < 4.78 is 29.2. The van der Waals surface area contributed by atoms with Gasteiger partial charge in [0.1, 0.15) is 5.60 Å². The van der Waals surface area contributed by atoms with Crippen LogP contribution in [0.25, 0.3) is 0 Å². The number of allylic oxidation sites excluding steroid dienone is 1. The lowest BCUT2D eigenvalue weighted by atomic mass is 9.79. The number of hydrogen-bond acceptors (Lipinski definition) is 5. The Labute approximate surface area is 396 Å². The summed E-state index contributed by atoms with van der Waals surface area (Å²) in [5.74, 6) is 0.211. The van der Waals surface area contributed by atoms with Gasteiger partial charge in [0.2, 0.25) is 0 Å². The minimum atomic E-state index is -2.23. The van der Waals surface area contributed by atoms with Crippen molar-refractivity contribution in [2.24, 2.45) is 23.7 Å². The smallest absolute Gasteiger partial charge is 0.192 e. The minimum Gasteiger partial charge on any atom is -0.413 e. The fraction of sp³-hybridized carbons (Fsp3) is 0.607. The van der Waals surface area contributed by atoms with E-state index >= 15 is 0 Å². The zero-order valence-corrected chi connectivity index (χ0v) is 47.1.